The van der Waals surface area contributed by atoms with Gasteiger partial charge in [-0.25, -0.2) is 9.78 Å². The number of hydrogen-bond donors (Lipinski definition) is 0. The normalized spacial score (nSPS) is 11.2. The molecule has 0 aliphatic carbocycles. The van der Waals surface area contributed by atoms with Gasteiger partial charge in [-0.15, -0.1) is 0 Å². The Labute approximate surface area is 106 Å². The predicted octanol–water partition coefficient (Wildman–Crippen LogP) is 1.49. The number of imidazole rings is 1. The maximum Gasteiger partial charge on any atom is 0.341 e. The molecular formula is C13H17N3O2. The van der Waals surface area contributed by atoms with E-state index in [2.05, 4.69) is 9.88 Å². The third kappa shape index (κ3) is 2.09. The lowest BCUT2D eigenvalue weighted by Crippen LogP contribution is -2.13. The second kappa shape index (κ2) is 4.78. The number of carbonyl (C=O) groups is 1. The lowest BCUT2D eigenvalue weighted by atomic mass is 10.2. The van der Waals surface area contributed by atoms with Gasteiger partial charge >= 0.3 is 5.97 Å². The van der Waals surface area contributed by atoms with E-state index in [9.17, 15) is 4.79 Å². The van der Waals surface area contributed by atoms with Crippen LogP contribution in [0.1, 0.15) is 21.7 Å². The quantitative estimate of drug-likeness (QED) is 0.771. The van der Waals surface area contributed by atoms with Gasteiger partial charge in [-0.2, -0.15) is 0 Å². The van der Waals surface area contributed by atoms with Gasteiger partial charge < -0.3 is 14.0 Å². The molecule has 0 saturated heterocycles. The summed E-state index contributed by atoms with van der Waals surface area (Å²) in [6.07, 6.45) is 1.92. The van der Waals surface area contributed by atoms with Crippen LogP contribution in [0.3, 0.4) is 0 Å². The van der Waals surface area contributed by atoms with E-state index in [1.54, 1.807) is 6.07 Å². The molecule has 0 aliphatic rings. The van der Waals surface area contributed by atoms with Gasteiger partial charge in [-0.05, 0) is 33.2 Å². The maximum atomic E-state index is 11.7. The number of fused-ring (bicyclic) bond motifs is 1. The fourth-order valence-electron chi connectivity index (χ4n) is 1.99. The first-order valence-corrected chi connectivity index (χ1v) is 5.74. The van der Waals surface area contributed by atoms with Gasteiger partial charge in [0.2, 0.25) is 0 Å². The zero-order valence-corrected chi connectivity index (χ0v) is 11.1. The third-order valence-electron chi connectivity index (χ3n) is 2.82. The van der Waals surface area contributed by atoms with E-state index >= 15 is 0 Å². The second-order valence-corrected chi connectivity index (χ2v) is 4.49. The van der Waals surface area contributed by atoms with Crippen LogP contribution in [0.25, 0.3) is 5.65 Å². The van der Waals surface area contributed by atoms with E-state index in [1.165, 1.54) is 7.11 Å². The van der Waals surface area contributed by atoms with Crippen molar-refractivity contribution in [3.8, 4) is 0 Å². The molecular weight excluding hydrogens is 230 g/mol. The summed E-state index contributed by atoms with van der Waals surface area (Å²) >= 11 is 0. The van der Waals surface area contributed by atoms with Crippen molar-refractivity contribution in [2.75, 3.05) is 21.2 Å². The molecule has 5 nitrogen and oxygen atoms in total. The van der Waals surface area contributed by atoms with Crippen molar-refractivity contribution in [1.82, 2.24) is 14.3 Å². The van der Waals surface area contributed by atoms with Crippen LogP contribution in [0, 0.1) is 6.92 Å². The van der Waals surface area contributed by atoms with Crippen LogP contribution in [0.15, 0.2) is 18.3 Å². The minimum absolute atomic E-state index is 0.359. The van der Waals surface area contributed by atoms with E-state index < -0.39 is 0 Å². The highest BCUT2D eigenvalue weighted by atomic mass is 16.5. The number of pyridine rings is 1. The summed E-state index contributed by atoms with van der Waals surface area (Å²) in [7, 11) is 5.38. The largest absolute Gasteiger partial charge is 0.465 e. The Morgan fingerprint density at radius 2 is 2.22 bits per heavy atom. The number of rotatable bonds is 3. The first kappa shape index (κ1) is 12.6. The van der Waals surface area contributed by atoms with Crippen molar-refractivity contribution in [2.24, 2.45) is 0 Å². The van der Waals surface area contributed by atoms with Crippen molar-refractivity contribution in [1.29, 1.82) is 0 Å². The number of esters is 1. The van der Waals surface area contributed by atoms with Crippen LogP contribution in [0.4, 0.5) is 0 Å². The fourth-order valence-corrected chi connectivity index (χ4v) is 1.99. The molecule has 0 aliphatic heterocycles. The highest BCUT2D eigenvalue weighted by molar-refractivity contribution is 5.95. The first-order chi connectivity index (χ1) is 8.54. The number of methoxy groups -OCH3 is 1. The van der Waals surface area contributed by atoms with Crippen LogP contribution in [-0.2, 0) is 11.3 Å². The standard InChI is InChI=1S/C13H17N3O2/c1-9-11(8-15(2)3)16-7-5-6-10(12(16)14-9)13(17)18-4/h5-7H,8H2,1-4H3. The van der Waals surface area contributed by atoms with Crippen LogP contribution in [0.5, 0.6) is 0 Å². The summed E-state index contributed by atoms with van der Waals surface area (Å²) in [6.45, 7) is 2.73. The molecule has 0 fully saturated rings. The zero-order valence-electron chi connectivity index (χ0n) is 11.1. The Bertz CT molecular complexity index is 587. The van der Waals surface area contributed by atoms with Gasteiger partial charge in [0.25, 0.3) is 0 Å². The van der Waals surface area contributed by atoms with Gasteiger partial charge in [0.05, 0.1) is 18.5 Å². The predicted molar refractivity (Wildman–Crippen MR) is 68.7 cm³/mol. The van der Waals surface area contributed by atoms with E-state index in [1.807, 2.05) is 37.7 Å². The Kier molecular flexibility index (Phi) is 3.34. The smallest absolute Gasteiger partial charge is 0.341 e. The zero-order chi connectivity index (χ0) is 13.3. The van der Waals surface area contributed by atoms with Crippen molar-refractivity contribution in [2.45, 2.75) is 13.5 Å². The molecule has 0 amide bonds. The molecule has 0 unspecified atom stereocenters. The van der Waals surface area contributed by atoms with E-state index in [-0.39, 0.29) is 5.97 Å². The Hall–Kier alpha value is -1.88. The molecule has 2 heterocycles. The molecule has 0 aromatic carbocycles. The fraction of sp³-hybridized carbons (Fsp3) is 0.385. The summed E-state index contributed by atoms with van der Waals surface area (Å²) in [5.41, 5.74) is 3.16. The molecule has 0 radical (unpaired) electrons. The second-order valence-electron chi connectivity index (χ2n) is 4.49. The first-order valence-electron chi connectivity index (χ1n) is 5.74. The van der Waals surface area contributed by atoms with E-state index in [0.29, 0.717) is 11.2 Å². The molecule has 5 heteroatoms. The molecule has 96 valence electrons. The Morgan fingerprint density at radius 1 is 1.50 bits per heavy atom. The molecule has 2 aromatic rings. The third-order valence-corrected chi connectivity index (χ3v) is 2.82. The molecule has 0 bridgehead atoms. The minimum Gasteiger partial charge on any atom is -0.465 e. The number of nitrogens with zero attached hydrogens (tertiary/aromatic N) is 3. The molecule has 2 rings (SSSR count). The number of aromatic nitrogens is 2. The minimum atomic E-state index is -0.359. The van der Waals surface area contributed by atoms with Crippen LogP contribution >= 0.6 is 0 Å². The summed E-state index contributed by atoms with van der Waals surface area (Å²) < 4.78 is 6.72. The maximum absolute atomic E-state index is 11.7. The summed E-state index contributed by atoms with van der Waals surface area (Å²) in [4.78, 5) is 18.2. The van der Waals surface area contributed by atoms with Gasteiger partial charge in [-0.1, -0.05) is 0 Å². The van der Waals surface area contributed by atoms with Gasteiger partial charge in [0.15, 0.2) is 5.65 Å². The molecule has 18 heavy (non-hydrogen) atoms. The highest BCUT2D eigenvalue weighted by Crippen LogP contribution is 2.17. The topological polar surface area (TPSA) is 46.8 Å². The lowest BCUT2D eigenvalue weighted by Gasteiger charge is -2.10. The number of carbonyl (C=O) groups excluding carboxylic acids is 1. The summed E-state index contributed by atoms with van der Waals surface area (Å²) in [5, 5.41) is 0. The monoisotopic (exact) mass is 247 g/mol. The van der Waals surface area contributed by atoms with Crippen molar-refractivity contribution >= 4 is 11.6 Å². The van der Waals surface area contributed by atoms with Crippen molar-refractivity contribution in [3.63, 3.8) is 0 Å². The summed E-state index contributed by atoms with van der Waals surface area (Å²) in [6, 6.07) is 3.56. The van der Waals surface area contributed by atoms with Gasteiger partial charge in [0, 0.05) is 12.7 Å². The SMILES string of the molecule is COC(=O)c1cccn2c(CN(C)C)c(C)nc12. The highest BCUT2D eigenvalue weighted by Gasteiger charge is 2.16. The summed E-state index contributed by atoms with van der Waals surface area (Å²) in [5.74, 6) is -0.359. The van der Waals surface area contributed by atoms with Crippen molar-refractivity contribution in [3.05, 3.63) is 35.3 Å². The number of aryl methyl sites for hydroxylation is 1. The van der Waals surface area contributed by atoms with Crippen LogP contribution < -0.4 is 0 Å². The van der Waals surface area contributed by atoms with Crippen LogP contribution in [-0.4, -0.2) is 41.5 Å². The van der Waals surface area contributed by atoms with Crippen LogP contribution in [0.2, 0.25) is 0 Å². The molecule has 0 spiro atoms. The Morgan fingerprint density at radius 3 is 2.83 bits per heavy atom. The average molecular weight is 247 g/mol. The molecule has 0 N–H and O–H groups in total. The van der Waals surface area contributed by atoms with Crippen molar-refractivity contribution < 1.29 is 9.53 Å². The molecule has 0 atom stereocenters. The molecule has 0 saturated carbocycles. The number of hydrogen-bond acceptors (Lipinski definition) is 4. The Balaban J connectivity index is 2.63. The van der Waals surface area contributed by atoms with E-state index in [0.717, 1.165) is 17.9 Å². The molecule has 2 aromatic heterocycles. The van der Waals surface area contributed by atoms with Gasteiger partial charge in [-0.3, -0.25) is 0 Å². The number of ether oxygens (including phenoxy) is 1. The average Bonchev–Trinajstić information content (AvgIpc) is 2.64. The lowest BCUT2D eigenvalue weighted by molar-refractivity contribution is 0.0602. The van der Waals surface area contributed by atoms with E-state index in [4.69, 9.17) is 4.74 Å². The van der Waals surface area contributed by atoms with Gasteiger partial charge in [0.1, 0.15) is 5.56 Å².